The predicted octanol–water partition coefficient (Wildman–Crippen LogP) is 35.1. The van der Waals surface area contributed by atoms with Gasteiger partial charge in [-0.25, -0.2) is 29.9 Å². The highest BCUT2D eigenvalue weighted by molar-refractivity contribution is 7.26. The van der Waals surface area contributed by atoms with Crippen LogP contribution in [0, 0.1) is 0 Å². The molecule has 31 rings (SSSR count). The first-order valence-electron chi connectivity index (χ1n) is 48.3. The first-order valence-corrected chi connectivity index (χ1v) is 50.7. The molecule has 143 heavy (non-hydrogen) atoms. The number of rotatable bonds is 10. The maximum Gasteiger partial charge on any atom is 0.161 e. The molecule has 0 radical (unpaired) electrons. The van der Waals surface area contributed by atoms with Gasteiger partial charge in [-0.3, -0.25) is 0 Å². The number of aromatic nitrogens is 10. The van der Waals surface area contributed by atoms with Gasteiger partial charge in [0.15, 0.2) is 17.5 Å². The lowest BCUT2D eigenvalue weighted by atomic mass is 9.82. The van der Waals surface area contributed by atoms with Gasteiger partial charge in [-0.1, -0.05) is 305 Å². The van der Waals surface area contributed by atoms with Crippen LogP contribution in [0.25, 0.3) is 272 Å². The molecule has 0 unspecified atom stereocenters. The minimum atomic E-state index is -0.0426. The summed E-state index contributed by atoms with van der Waals surface area (Å²) in [6.07, 6.45) is 0. The predicted molar refractivity (Wildman–Crippen MR) is 600 cm³/mol. The van der Waals surface area contributed by atoms with Crippen molar-refractivity contribution in [3.63, 3.8) is 0 Å². The van der Waals surface area contributed by atoms with E-state index in [9.17, 15) is 0 Å². The number of fused-ring (bicyclic) bond motifs is 27. The van der Waals surface area contributed by atoms with E-state index in [0.717, 1.165) is 160 Å². The van der Waals surface area contributed by atoms with E-state index in [0.29, 0.717) is 0 Å². The molecule has 11 nitrogen and oxygen atoms in total. The zero-order valence-electron chi connectivity index (χ0n) is 77.3. The molecule has 30 aromatic rings. The Morgan fingerprint density at radius 1 is 0.203 bits per heavy atom. The lowest BCUT2D eigenvalue weighted by molar-refractivity contribution is 0.661. The Hall–Kier alpha value is -17.9. The third-order valence-electron chi connectivity index (χ3n) is 29.0. The SMILES string of the molecule is CC1(C)c2ccccc2-c2cc3c(cc21)c1ccccc1n3-c1ccc(-c2nc(-c3ccccc3)c3c(n2)sc2ccccc23)cc1.c1ccc(-c2nc(-c3ccc(-n4c5ccccc5c5cc6c(cc54)c4ccccc4n6-c4ccccc4)cc3)nc3sc4ccccc4c23)cc1.c1ccc(-c2nc(-c3cccc(-n4c5ccccc5c5cc6oc7ccccc7c6cc54)c3)nc3sc4ccccc4c23)cc1. The van der Waals surface area contributed by atoms with Crippen molar-refractivity contribution in [3.05, 3.63) is 460 Å². The topological polar surface area (TPSA) is 110 Å². The molecule has 1 aliphatic carbocycles. The fraction of sp³-hybridized carbons (Fsp3) is 0.0233. The molecular formula is C129H80N10OS3. The van der Waals surface area contributed by atoms with E-state index in [-0.39, 0.29) is 5.41 Å². The van der Waals surface area contributed by atoms with Crippen LogP contribution < -0.4 is 0 Å². The van der Waals surface area contributed by atoms with Crippen LogP contribution in [0.2, 0.25) is 0 Å². The molecule has 0 saturated heterocycles. The van der Waals surface area contributed by atoms with Gasteiger partial charge in [0, 0.05) is 162 Å². The van der Waals surface area contributed by atoms with E-state index < -0.39 is 0 Å². The van der Waals surface area contributed by atoms with Crippen LogP contribution >= 0.6 is 34.0 Å². The lowest BCUT2D eigenvalue weighted by Gasteiger charge is -2.21. The molecule has 0 spiro atoms. The average Bonchev–Trinajstić information content (AvgIpc) is 1.50. The molecule has 0 aliphatic heterocycles. The number of thiophene rings is 3. The number of furan rings is 1. The highest BCUT2D eigenvalue weighted by atomic mass is 32.1. The average molecular weight is 1880 g/mol. The lowest BCUT2D eigenvalue weighted by Crippen LogP contribution is -2.14. The van der Waals surface area contributed by atoms with Crippen molar-refractivity contribution in [1.82, 2.24) is 48.2 Å². The van der Waals surface area contributed by atoms with Crippen LogP contribution in [0.15, 0.2) is 453 Å². The standard InChI is InChI=1S/C46H28N4S.C43H29N3S.C40H23N3OS/c1-3-13-29(14-4-1)44-43-35-19-9-12-22-42(35)51-46(43)48-45(47-44)30-23-25-32(26-24-30)50-39-21-11-8-18-34(39)37-27-40-36(28-41(37)50)33-17-7-10-20-38(33)49(40)31-15-5-2-6-16-31;1-43(2)34-17-9-6-14-29(34)32-25-37-33(24-35(32)43)30-15-7-10-18-36(30)46(37)28-22-20-27(21-23-28)41-44-40(26-12-4-3-5-13-26)39-31-16-8-11-19-38(31)47-42(39)45-41;1-2-11-24(12-3-1)38-37-29-17-6-9-20-36(29)45-40(37)42-39(41-38)25-13-10-14-26(21-25)43-32-18-7-4-15-27(32)30-23-35-31(22-33(30)43)28-16-5-8-19-34(28)44-35/h1-28H;3-25H,1-2H3;1-23H. The summed E-state index contributed by atoms with van der Waals surface area (Å²) < 4.78 is 19.5. The van der Waals surface area contributed by atoms with Crippen molar-refractivity contribution >= 4 is 204 Å². The Morgan fingerprint density at radius 2 is 0.531 bits per heavy atom. The molecule has 11 heterocycles. The summed E-state index contributed by atoms with van der Waals surface area (Å²) in [6.45, 7) is 4.70. The van der Waals surface area contributed by atoms with Gasteiger partial charge in [-0.05, 0) is 180 Å². The van der Waals surface area contributed by atoms with Crippen molar-refractivity contribution in [2.24, 2.45) is 0 Å². The van der Waals surface area contributed by atoms with E-state index in [2.05, 4.69) is 457 Å². The van der Waals surface area contributed by atoms with Crippen molar-refractivity contribution in [2.75, 3.05) is 0 Å². The minimum Gasteiger partial charge on any atom is -0.456 e. The molecule has 0 saturated carbocycles. The van der Waals surface area contributed by atoms with Gasteiger partial charge in [0.2, 0.25) is 0 Å². The molecule has 0 bridgehead atoms. The van der Waals surface area contributed by atoms with E-state index in [1.54, 1.807) is 34.0 Å². The molecule has 0 amide bonds. The molecule has 19 aromatic carbocycles. The minimum absolute atomic E-state index is 0.0426. The van der Waals surface area contributed by atoms with Gasteiger partial charge in [-0.15, -0.1) is 34.0 Å². The Labute approximate surface area is 831 Å². The van der Waals surface area contributed by atoms with Crippen LogP contribution in [0.5, 0.6) is 0 Å². The fourth-order valence-corrected chi connectivity index (χ4v) is 25.7. The van der Waals surface area contributed by atoms with Crippen molar-refractivity contribution in [3.8, 4) is 102 Å². The summed E-state index contributed by atoms with van der Waals surface area (Å²) in [5, 5.41) is 19.0. The number of para-hydroxylation sites is 6. The van der Waals surface area contributed by atoms with Gasteiger partial charge in [0.25, 0.3) is 0 Å². The maximum atomic E-state index is 6.28. The summed E-state index contributed by atoms with van der Waals surface area (Å²) in [5.41, 5.74) is 30.3. The third kappa shape index (κ3) is 13.1. The summed E-state index contributed by atoms with van der Waals surface area (Å²) in [6, 6.07) is 160. The molecule has 0 fully saturated rings. The summed E-state index contributed by atoms with van der Waals surface area (Å²) in [5.74, 6) is 2.20. The summed E-state index contributed by atoms with van der Waals surface area (Å²) in [7, 11) is 0. The van der Waals surface area contributed by atoms with Crippen molar-refractivity contribution < 1.29 is 4.42 Å². The van der Waals surface area contributed by atoms with Crippen molar-refractivity contribution in [1.29, 1.82) is 0 Å². The Morgan fingerprint density at radius 3 is 0.986 bits per heavy atom. The van der Waals surface area contributed by atoms with Crippen LogP contribution in [0.4, 0.5) is 0 Å². The highest BCUT2D eigenvalue weighted by Crippen LogP contribution is 2.53. The van der Waals surface area contributed by atoms with E-state index in [1.807, 2.05) is 24.3 Å². The first-order chi connectivity index (χ1) is 70.7. The number of hydrogen-bond donors (Lipinski definition) is 0. The third-order valence-corrected chi connectivity index (χ3v) is 32.2. The van der Waals surface area contributed by atoms with Crippen LogP contribution in [0.1, 0.15) is 25.0 Å². The second kappa shape index (κ2) is 32.6. The van der Waals surface area contributed by atoms with Crippen LogP contribution in [-0.2, 0) is 5.41 Å². The Kier molecular flexibility index (Phi) is 18.7. The molecule has 0 N–H and O–H groups in total. The van der Waals surface area contributed by atoms with Gasteiger partial charge in [0.1, 0.15) is 25.7 Å². The van der Waals surface area contributed by atoms with Crippen LogP contribution in [0.3, 0.4) is 0 Å². The molecule has 1 aliphatic rings. The quantitative estimate of drug-likeness (QED) is 0.134. The maximum absolute atomic E-state index is 6.28. The molecule has 11 aromatic heterocycles. The van der Waals surface area contributed by atoms with E-state index in [1.165, 1.54) is 123 Å². The second-order valence-electron chi connectivity index (χ2n) is 37.4. The molecule has 14 heteroatoms. The van der Waals surface area contributed by atoms with Gasteiger partial charge < -0.3 is 22.7 Å². The number of nitrogens with zero attached hydrogens (tertiary/aromatic N) is 10. The van der Waals surface area contributed by atoms with Gasteiger partial charge in [-0.2, -0.15) is 0 Å². The number of benzene rings is 19. The largest absolute Gasteiger partial charge is 0.456 e. The van der Waals surface area contributed by atoms with E-state index in [4.69, 9.17) is 34.3 Å². The molecule has 670 valence electrons. The zero-order chi connectivity index (χ0) is 94.2. The van der Waals surface area contributed by atoms with Crippen molar-refractivity contribution in [2.45, 2.75) is 19.3 Å². The Bertz CT molecular complexity index is 10500. The van der Waals surface area contributed by atoms with Crippen LogP contribution in [-0.4, -0.2) is 48.2 Å². The van der Waals surface area contributed by atoms with Gasteiger partial charge >= 0.3 is 0 Å². The zero-order valence-corrected chi connectivity index (χ0v) is 79.8. The fourth-order valence-electron chi connectivity index (χ4n) is 22.4. The Balaban J connectivity index is 0.000000102. The smallest absolute Gasteiger partial charge is 0.161 e. The highest BCUT2D eigenvalue weighted by Gasteiger charge is 2.37. The molecular weight excluding hydrogens is 1800 g/mol. The van der Waals surface area contributed by atoms with E-state index >= 15 is 0 Å². The second-order valence-corrected chi connectivity index (χ2v) is 40.5. The van der Waals surface area contributed by atoms with Gasteiger partial charge in [0.05, 0.1) is 61.2 Å². The first kappa shape index (κ1) is 82.2. The summed E-state index contributed by atoms with van der Waals surface area (Å²) >= 11 is 5.18. The number of hydrogen-bond acceptors (Lipinski definition) is 10. The normalized spacial score (nSPS) is 12.5. The summed E-state index contributed by atoms with van der Waals surface area (Å²) in [4.78, 5) is 34.2. The molecule has 0 atom stereocenters. The monoisotopic (exact) mass is 1880 g/mol.